The summed E-state index contributed by atoms with van der Waals surface area (Å²) in [6.07, 6.45) is 11.3. The highest BCUT2D eigenvalue weighted by Gasteiger charge is 2.33. The van der Waals surface area contributed by atoms with Gasteiger partial charge in [0.15, 0.2) is 0 Å². The van der Waals surface area contributed by atoms with Gasteiger partial charge in [-0.1, -0.05) is 186 Å². The number of esters is 8. The molecule has 0 radical (unpaired) electrons. The van der Waals surface area contributed by atoms with Gasteiger partial charge in [-0.3, -0.25) is 42.5 Å². The fourth-order valence-corrected chi connectivity index (χ4v) is 16.1. The van der Waals surface area contributed by atoms with E-state index in [0.29, 0.717) is 40.6 Å². The lowest BCUT2D eigenvalue weighted by atomic mass is 10.1. The molecule has 0 amide bonds. The van der Waals surface area contributed by atoms with Crippen LogP contribution in [0.2, 0.25) is 18.1 Å². The molecule has 8 aromatic rings. The molecule has 694 valence electrons. The third kappa shape index (κ3) is 31.0. The van der Waals surface area contributed by atoms with Crippen LogP contribution in [0.1, 0.15) is 226 Å². The molecule has 127 heavy (non-hydrogen) atoms. The van der Waals surface area contributed by atoms with Gasteiger partial charge in [-0.25, -0.2) is 32.8 Å². The van der Waals surface area contributed by atoms with E-state index in [2.05, 4.69) is 104 Å². The average Bonchev–Trinajstić information content (AvgIpc) is 1.71. The molecule has 7 heterocycles. The van der Waals surface area contributed by atoms with Gasteiger partial charge in [0.05, 0.1) is 134 Å². The predicted molar refractivity (Wildman–Crippen MR) is 459 cm³/mol. The highest BCUT2D eigenvalue weighted by molar-refractivity contribution is 7.86. The standard InChI is InChI=1S/C85H125N21O19SSi/c1-21-127(22-2,23-3)30-24-25-69(45-117-78(107)53(4)5)100-38-62(86-93-100)31-70(46-118-79(108)54(6)7)101-39-63(87-94-101)32-71(47-119-80(109)55(8)9)102-40-64(88-95-102)33-72(48-120-81(110)56(10)11)103-41-65(89-96-103)34-73(49-121-82(111)57(12)13)104-42-66(90-97-104)35-74(50-122-83(112)58(14)15)105-43-67(91-98-105)36-75(51-123-84(113)59(16)17)106-44-68(92-99-106)37-76(52-124-85(114)60(18)19)125-126(115,116)77-28-26-61(20)27-29-77/h26-29,38-44,53-60,69-76H,21-23,25,31-37,45-52H2,1-20H3/t69-,70-,71-,72-,73-,74-,75-,76+/m1/s1. The van der Waals surface area contributed by atoms with Gasteiger partial charge in [-0.05, 0) is 37.2 Å². The van der Waals surface area contributed by atoms with Crippen molar-refractivity contribution in [3.8, 4) is 11.5 Å². The van der Waals surface area contributed by atoms with Gasteiger partial charge in [0, 0.05) is 94.7 Å². The molecule has 0 spiro atoms. The Morgan fingerprint density at radius 1 is 0.315 bits per heavy atom. The molecule has 0 fully saturated rings. The molecule has 0 aliphatic heterocycles. The first-order chi connectivity index (χ1) is 60.2. The van der Waals surface area contributed by atoms with Crippen molar-refractivity contribution in [3.05, 3.63) is 113 Å². The van der Waals surface area contributed by atoms with E-state index in [9.17, 15) is 46.8 Å². The zero-order chi connectivity index (χ0) is 93.0. The Morgan fingerprint density at radius 3 is 0.740 bits per heavy atom. The second-order valence-corrected chi connectivity index (χ2v) is 40.9. The van der Waals surface area contributed by atoms with Crippen LogP contribution in [0.25, 0.3) is 0 Å². The van der Waals surface area contributed by atoms with Crippen molar-refractivity contribution in [2.75, 3.05) is 52.9 Å². The average molecular weight is 1810 g/mol. The topological polar surface area (TPSA) is 469 Å². The fraction of sp³-hybridized carbons (Fsp3) is 0.647. The maximum Gasteiger partial charge on any atom is 0.308 e. The van der Waals surface area contributed by atoms with E-state index in [1.807, 2.05) is 6.92 Å². The summed E-state index contributed by atoms with van der Waals surface area (Å²) in [5.41, 5.74) is 7.33. The molecule has 0 aliphatic rings. The van der Waals surface area contributed by atoms with Crippen LogP contribution in [0.15, 0.2) is 72.5 Å². The molecular weight excluding hydrogens is 1680 g/mol. The number of carbonyl (C=O) groups is 8. The van der Waals surface area contributed by atoms with E-state index in [4.69, 9.17) is 42.1 Å². The highest BCUT2D eigenvalue weighted by atomic mass is 32.2. The molecule has 8 atom stereocenters. The van der Waals surface area contributed by atoms with Crippen molar-refractivity contribution in [1.82, 2.24) is 105 Å². The van der Waals surface area contributed by atoms with Crippen LogP contribution in [0.4, 0.5) is 0 Å². The van der Waals surface area contributed by atoms with Crippen LogP contribution < -0.4 is 0 Å². The zero-order valence-electron chi connectivity index (χ0n) is 76.6. The van der Waals surface area contributed by atoms with Gasteiger partial charge in [0.25, 0.3) is 10.1 Å². The predicted octanol–water partition coefficient (Wildman–Crippen LogP) is 8.73. The zero-order valence-corrected chi connectivity index (χ0v) is 78.4. The van der Waals surface area contributed by atoms with Crippen LogP contribution in [-0.4, -0.2) is 228 Å². The highest BCUT2D eigenvalue weighted by Crippen LogP contribution is 2.28. The van der Waals surface area contributed by atoms with Crippen molar-refractivity contribution in [1.29, 1.82) is 0 Å². The van der Waals surface area contributed by atoms with Crippen molar-refractivity contribution in [3.63, 3.8) is 0 Å². The summed E-state index contributed by atoms with van der Waals surface area (Å²) in [6.45, 7) is 34.3. The SMILES string of the molecule is CC[Si](C#CC[C@H](COC(=O)C(C)C)n1cc(C[C@H](COC(=O)C(C)C)n2cc(C[C@H](COC(=O)C(C)C)n3cc(C[C@H](COC(=O)C(C)C)n4cc(C[C@H](COC(=O)C(C)C)n5cc(C[C@H](COC(=O)C(C)C)n6cc(C[C@H](COC(=O)C(C)C)n7cc(C[C@@H](COC(=O)C(C)C)OS(=O)(=O)c8ccc(C)cc8)nn7)nn6)nn5)nn4)nn3)nn2)nn1)(CC)CC. The number of aromatic nitrogens is 21. The van der Waals surface area contributed by atoms with Crippen LogP contribution in [0.5, 0.6) is 0 Å². The Kier molecular flexibility index (Phi) is 38.2. The summed E-state index contributed by atoms with van der Waals surface area (Å²) in [4.78, 5) is 104. The lowest BCUT2D eigenvalue weighted by Gasteiger charge is -2.20. The summed E-state index contributed by atoms with van der Waals surface area (Å²) >= 11 is 0. The minimum absolute atomic E-state index is 0.0323. The third-order valence-electron chi connectivity index (χ3n) is 21.0. The molecule has 0 unspecified atom stereocenters. The Bertz CT molecular complexity index is 5060. The van der Waals surface area contributed by atoms with Crippen LogP contribution in [-0.2, 0) is 135 Å². The molecule has 7 aromatic heterocycles. The normalized spacial score (nSPS) is 13.9. The molecule has 0 saturated heterocycles. The molecule has 1 aromatic carbocycles. The van der Waals surface area contributed by atoms with Crippen LogP contribution in [0, 0.1) is 65.7 Å². The number of aryl methyl sites for hydroxylation is 1. The summed E-state index contributed by atoms with van der Waals surface area (Å²) in [5.74, 6) is -4.02. The van der Waals surface area contributed by atoms with E-state index in [1.54, 1.807) is 185 Å². The second-order valence-electron chi connectivity index (χ2n) is 34.4. The maximum atomic E-state index is 13.6. The molecule has 40 nitrogen and oxygen atoms in total. The first kappa shape index (κ1) is 101. The van der Waals surface area contributed by atoms with Gasteiger partial charge >= 0.3 is 47.8 Å². The molecule has 0 saturated carbocycles. The first-order valence-corrected chi connectivity index (χ1v) is 47.5. The number of ether oxygens (including phenoxy) is 8. The van der Waals surface area contributed by atoms with Gasteiger partial charge in [-0.2, -0.15) is 8.42 Å². The quantitative estimate of drug-likeness (QED) is 0.0113. The molecule has 42 heteroatoms. The number of nitrogens with zero attached hydrogens (tertiary/aromatic N) is 21. The fourth-order valence-electron chi connectivity index (χ4n) is 12.6. The lowest BCUT2D eigenvalue weighted by molar-refractivity contribution is -0.150. The van der Waals surface area contributed by atoms with Crippen molar-refractivity contribution in [2.45, 2.75) is 261 Å². The Labute approximate surface area is 742 Å². The van der Waals surface area contributed by atoms with Crippen molar-refractivity contribution in [2.24, 2.45) is 47.3 Å². The smallest absolute Gasteiger partial charge is 0.308 e. The number of hydrogen-bond donors (Lipinski definition) is 0. The molecule has 0 aliphatic carbocycles. The lowest BCUT2D eigenvalue weighted by Crippen LogP contribution is -2.29. The van der Waals surface area contributed by atoms with Gasteiger partial charge in [-0.15, -0.1) is 47.2 Å². The van der Waals surface area contributed by atoms with E-state index in [0.717, 1.165) is 23.7 Å². The second kappa shape index (κ2) is 48.0. The van der Waals surface area contributed by atoms with Crippen molar-refractivity contribution < 1.29 is 88.9 Å². The molecular formula is C85H125N21O19SSi. The third-order valence-corrected chi connectivity index (χ3v) is 27.2. The maximum absolute atomic E-state index is 13.6. The van der Waals surface area contributed by atoms with E-state index in [1.165, 1.54) is 26.2 Å². The monoisotopic (exact) mass is 1800 g/mol. The van der Waals surface area contributed by atoms with Crippen LogP contribution >= 0.6 is 0 Å². The van der Waals surface area contributed by atoms with Crippen LogP contribution in [0.3, 0.4) is 0 Å². The Balaban J connectivity index is 1.03. The molecule has 0 bridgehead atoms. The van der Waals surface area contributed by atoms with E-state index >= 15 is 0 Å². The van der Waals surface area contributed by atoms with E-state index in [-0.39, 0.29) is 114 Å². The first-order valence-electron chi connectivity index (χ1n) is 43.4. The number of carbonyl (C=O) groups excluding carboxylic acids is 8. The van der Waals surface area contributed by atoms with Gasteiger partial charge in [0.2, 0.25) is 0 Å². The number of rotatable bonds is 52. The number of hydrogen-bond acceptors (Lipinski definition) is 33. The Morgan fingerprint density at radius 2 is 0.520 bits per heavy atom. The minimum Gasteiger partial charge on any atom is -0.463 e. The number of benzene rings is 1. The van der Waals surface area contributed by atoms with Gasteiger partial charge < -0.3 is 37.9 Å². The molecule has 0 N–H and O–H groups in total. The summed E-state index contributed by atoms with van der Waals surface area (Å²) in [6, 6.07) is 4.39. The summed E-state index contributed by atoms with van der Waals surface area (Å²) < 4.78 is 89.9. The van der Waals surface area contributed by atoms with Gasteiger partial charge in [0.1, 0.15) is 67.0 Å². The summed E-state index contributed by atoms with van der Waals surface area (Å²) in [5, 5.41) is 63.1. The molecule has 8 rings (SSSR count). The largest absolute Gasteiger partial charge is 0.463 e. The minimum atomic E-state index is -4.36. The van der Waals surface area contributed by atoms with Crippen molar-refractivity contribution >= 4 is 65.9 Å². The Hall–Kier alpha value is -11.4. The van der Waals surface area contributed by atoms with E-state index < -0.39 is 156 Å². The summed E-state index contributed by atoms with van der Waals surface area (Å²) in [7, 11) is -6.16.